The lowest BCUT2D eigenvalue weighted by Gasteiger charge is -2.30. The third-order valence-electron chi connectivity index (χ3n) is 5.81. The summed E-state index contributed by atoms with van der Waals surface area (Å²) in [5, 5.41) is 2.64. The number of ether oxygens (including phenoxy) is 1. The van der Waals surface area contributed by atoms with Crippen LogP contribution in [0.15, 0.2) is 35.1 Å². The molecule has 2 aromatic rings. The number of hydrogen-bond donors (Lipinski definition) is 4. The SMILES string of the molecule is CN=C(/C(=C\N)NC(=O)c1nc(-c2c(F)cccc2F)sc1N)N1CCC(OC)C(C)(N)CC1. The van der Waals surface area contributed by atoms with E-state index >= 15 is 0 Å². The Kier molecular flexibility index (Phi) is 7.85. The van der Waals surface area contributed by atoms with Crippen molar-refractivity contribution in [2.24, 2.45) is 16.5 Å². The Hall–Kier alpha value is -3.09. The highest BCUT2D eigenvalue weighted by Crippen LogP contribution is 2.33. The Morgan fingerprint density at radius 3 is 2.65 bits per heavy atom. The lowest BCUT2D eigenvalue weighted by atomic mass is 9.91. The van der Waals surface area contributed by atoms with Gasteiger partial charge in [0.25, 0.3) is 5.91 Å². The van der Waals surface area contributed by atoms with Gasteiger partial charge in [0.15, 0.2) is 5.69 Å². The van der Waals surface area contributed by atoms with E-state index in [9.17, 15) is 13.6 Å². The van der Waals surface area contributed by atoms with Gasteiger partial charge in [-0.05, 0) is 31.9 Å². The minimum absolute atomic E-state index is 0.0121. The molecule has 0 bridgehead atoms. The van der Waals surface area contributed by atoms with E-state index in [2.05, 4.69) is 15.3 Å². The maximum atomic E-state index is 14.2. The number of halogens is 2. The van der Waals surface area contributed by atoms with E-state index in [1.807, 2.05) is 11.8 Å². The summed E-state index contributed by atoms with van der Waals surface area (Å²) in [6.07, 6.45) is 2.38. The van der Waals surface area contributed by atoms with Gasteiger partial charge < -0.3 is 32.2 Å². The molecule has 1 saturated heterocycles. The zero-order chi connectivity index (χ0) is 25.0. The van der Waals surface area contributed by atoms with Crippen LogP contribution in [0.3, 0.4) is 0 Å². The first-order valence-electron chi connectivity index (χ1n) is 10.6. The summed E-state index contributed by atoms with van der Waals surface area (Å²) in [6, 6.07) is 3.46. The van der Waals surface area contributed by atoms with E-state index in [0.29, 0.717) is 31.8 Å². The minimum Gasteiger partial charge on any atom is -0.403 e. The number of amidine groups is 1. The zero-order valence-corrected chi connectivity index (χ0v) is 20.1. The summed E-state index contributed by atoms with van der Waals surface area (Å²) < 4.78 is 33.9. The molecule has 184 valence electrons. The number of amides is 1. The normalized spacial score (nSPS) is 21.9. The molecular weight excluding hydrogens is 464 g/mol. The van der Waals surface area contributed by atoms with Crippen LogP contribution in [0.1, 0.15) is 30.3 Å². The van der Waals surface area contributed by atoms with Crippen molar-refractivity contribution in [2.75, 3.05) is 33.0 Å². The first-order valence-corrected chi connectivity index (χ1v) is 11.4. The first kappa shape index (κ1) is 25.5. The number of hydrogen-bond acceptors (Lipinski definition) is 8. The molecule has 0 saturated carbocycles. The third kappa shape index (κ3) is 5.18. The number of aromatic nitrogens is 1. The van der Waals surface area contributed by atoms with Gasteiger partial charge in [-0.15, -0.1) is 0 Å². The third-order valence-corrected chi connectivity index (χ3v) is 6.72. The molecular formula is C22H29F2N7O2S. The Bertz CT molecular complexity index is 1100. The van der Waals surface area contributed by atoms with Gasteiger partial charge in [0.1, 0.15) is 27.5 Å². The summed E-state index contributed by atoms with van der Waals surface area (Å²) in [5.41, 5.74) is 17.4. The largest absolute Gasteiger partial charge is 0.403 e. The summed E-state index contributed by atoms with van der Waals surface area (Å²) >= 11 is 0.813. The lowest BCUT2D eigenvalue weighted by Crippen LogP contribution is -2.49. The highest BCUT2D eigenvalue weighted by molar-refractivity contribution is 7.19. The summed E-state index contributed by atoms with van der Waals surface area (Å²) in [5.74, 6) is -1.82. The van der Waals surface area contributed by atoms with Crippen LogP contribution in [0.5, 0.6) is 0 Å². The Morgan fingerprint density at radius 2 is 2.06 bits per heavy atom. The molecule has 0 spiro atoms. The van der Waals surface area contributed by atoms with Crippen LogP contribution in [-0.4, -0.2) is 60.5 Å². The highest BCUT2D eigenvalue weighted by Gasteiger charge is 2.35. The van der Waals surface area contributed by atoms with Gasteiger partial charge in [-0.3, -0.25) is 9.79 Å². The molecule has 1 aliphatic heterocycles. The summed E-state index contributed by atoms with van der Waals surface area (Å²) in [6.45, 7) is 3.10. The Morgan fingerprint density at radius 1 is 1.38 bits per heavy atom. The van der Waals surface area contributed by atoms with E-state index in [-0.39, 0.29) is 33.1 Å². The van der Waals surface area contributed by atoms with Crippen molar-refractivity contribution >= 4 is 28.1 Å². The van der Waals surface area contributed by atoms with Crippen LogP contribution in [0.2, 0.25) is 0 Å². The number of thiazole rings is 1. The van der Waals surface area contributed by atoms with Crippen molar-refractivity contribution in [3.63, 3.8) is 0 Å². The number of nitrogens with zero attached hydrogens (tertiary/aromatic N) is 3. The zero-order valence-electron chi connectivity index (χ0n) is 19.3. The fourth-order valence-electron chi connectivity index (χ4n) is 3.94. The van der Waals surface area contributed by atoms with Gasteiger partial charge in [-0.1, -0.05) is 17.4 Å². The molecule has 2 heterocycles. The van der Waals surface area contributed by atoms with E-state index in [1.165, 1.54) is 12.3 Å². The number of nitrogens with two attached hydrogens (primary N) is 3. The second kappa shape index (κ2) is 10.5. The summed E-state index contributed by atoms with van der Waals surface area (Å²) in [4.78, 5) is 23.4. The highest BCUT2D eigenvalue weighted by atomic mass is 32.1. The molecule has 7 N–H and O–H groups in total. The molecule has 1 aromatic carbocycles. The molecule has 2 atom stereocenters. The van der Waals surface area contributed by atoms with E-state index in [4.69, 9.17) is 21.9 Å². The molecule has 1 amide bonds. The van der Waals surface area contributed by atoms with Crippen molar-refractivity contribution in [3.8, 4) is 10.6 Å². The lowest BCUT2D eigenvalue weighted by molar-refractivity contribution is 0.0399. The smallest absolute Gasteiger partial charge is 0.277 e. The molecule has 12 heteroatoms. The number of carbonyl (C=O) groups excluding carboxylic acids is 1. The molecule has 9 nitrogen and oxygen atoms in total. The van der Waals surface area contributed by atoms with Crippen LogP contribution in [-0.2, 0) is 4.74 Å². The van der Waals surface area contributed by atoms with Crippen molar-refractivity contribution in [1.82, 2.24) is 15.2 Å². The van der Waals surface area contributed by atoms with Crippen molar-refractivity contribution in [2.45, 2.75) is 31.4 Å². The Labute approximate surface area is 200 Å². The molecule has 1 aromatic heterocycles. The topological polar surface area (TPSA) is 145 Å². The molecule has 2 unspecified atom stereocenters. The van der Waals surface area contributed by atoms with Crippen LogP contribution < -0.4 is 22.5 Å². The number of nitrogen functional groups attached to an aromatic ring is 1. The predicted octanol–water partition coefficient (Wildman–Crippen LogP) is 2.06. The van der Waals surface area contributed by atoms with Crippen LogP contribution in [0, 0.1) is 11.6 Å². The monoisotopic (exact) mass is 493 g/mol. The van der Waals surface area contributed by atoms with Crippen LogP contribution >= 0.6 is 11.3 Å². The number of carbonyl (C=O) groups is 1. The van der Waals surface area contributed by atoms with Gasteiger partial charge in [0, 0.05) is 39.0 Å². The number of nitrogens with one attached hydrogen (secondary N) is 1. The summed E-state index contributed by atoms with van der Waals surface area (Å²) in [7, 11) is 3.22. The van der Waals surface area contributed by atoms with Crippen molar-refractivity contribution in [1.29, 1.82) is 0 Å². The second-order valence-corrected chi connectivity index (χ2v) is 9.20. The van der Waals surface area contributed by atoms with Crippen LogP contribution in [0.4, 0.5) is 13.8 Å². The first-order chi connectivity index (χ1) is 16.1. The van der Waals surface area contributed by atoms with E-state index in [1.54, 1.807) is 14.2 Å². The van der Waals surface area contributed by atoms with E-state index in [0.717, 1.165) is 23.5 Å². The van der Waals surface area contributed by atoms with Crippen LogP contribution in [0.25, 0.3) is 10.6 Å². The predicted molar refractivity (Wildman–Crippen MR) is 129 cm³/mol. The standard InChI is InChI=1S/C22H29F2N7O2S/c1-22(27)8-10-31(9-7-15(22)33-3)19(28-2)14(11-25)29-20(32)17-18(26)34-21(30-17)16-12(23)5-4-6-13(16)24/h4-6,11,15H,7-10,25-27H2,1-3H3,(H,29,32)/b14-11+,28-19?. The van der Waals surface area contributed by atoms with Crippen molar-refractivity contribution < 1.29 is 18.3 Å². The average Bonchev–Trinajstić information content (AvgIpc) is 3.09. The van der Waals surface area contributed by atoms with Gasteiger partial charge in [0.2, 0.25) is 0 Å². The van der Waals surface area contributed by atoms with Gasteiger partial charge >= 0.3 is 0 Å². The fraction of sp³-hybridized carbons (Fsp3) is 0.409. The molecule has 0 radical (unpaired) electrons. The number of likely N-dealkylation sites (tertiary alicyclic amines) is 1. The second-order valence-electron chi connectivity index (χ2n) is 8.17. The number of benzene rings is 1. The van der Waals surface area contributed by atoms with Gasteiger partial charge in [0.05, 0.1) is 17.4 Å². The molecule has 34 heavy (non-hydrogen) atoms. The fourth-order valence-corrected chi connectivity index (χ4v) is 4.82. The number of anilines is 1. The maximum absolute atomic E-state index is 14.2. The van der Waals surface area contributed by atoms with Gasteiger partial charge in [-0.2, -0.15) is 0 Å². The molecule has 1 fully saturated rings. The molecule has 0 aliphatic carbocycles. The molecule has 1 aliphatic rings. The maximum Gasteiger partial charge on any atom is 0.277 e. The van der Waals surface area contributed by atoms with E-state index < -0.39 is 23.1 Å². The average molecular weight is 494 g/mol. The van der Waals surface area contributed by atoms with Gasteiger partial charge in [-0.25, -0.2) is 13.8 Å². The number of rotatable bonds is 5. The number of aliphatic imine (C=N–C) groups is 1. The minimum atomic E-state index is -0.800. The molecule has 3 rings (SSSR count). The van der Waals surface area contributed by atoms with Crippen molar-refractivity contribution in [3.05, 3.63) is 47.4 Å². The number of methoxy groups -OCH3 is 1. The Balaban J connectivity index is 1.81. The quantitative estimate of drug-likeness (QED) is 0.368.